The number of aryl methyl sites for hydroxylation is 1. The van der Waals surface area contributed by atoms with E-state index in [4.69, 9.17) is 0 Å². The van der Waals surface area contributed by atoms with E-state index in [9.17, 15) is 14.7 Å². The number of carbonyl (C=O) groups excluding carboxylic acids is 2. The number of nitrogens with zero attached hydrogens (tertiary/aromatic N) is 1. The van der Waals surface area contributed by atoms with Crippen LogP contribution in [0.5, 0.6) is 0 Å². The summed E-state index contributed by atoms with van der Waals surface area (Å²) in [6, 6.07) is 14.3. The number of aliphatic hydroxyl groups is 1. The summed E-state index contributed by atoms with van der Waals surface area (Å²) in [4.78, 5) is 26.8. The van der Waals surface area contributed by atoms with Crippen molar-refractivity contribution in [1.82, 2.24) is 4.90 Å². The molecule has 1 saturated heterocycles. The van der Waals surface area contributed by atoms with Gasteiger partial charge in [0.05, 0.1) is 6.10 Å². The summed E-state index contributed by atoms with van der Waals surface area (Å²) in [5.41, 5.74) is 2.65. The van der Waals surface area contributed by atoms with Gasteiger partial charge in [-0.1, -0.05) is 24.3 Å². The first-order valence-electron chi connectivity index (χ1n) is 8.49. The molecule has 0 spiro atoms. The van der Waals surface area contributed by atoms with Crippen LogP contribution in [0.15, 0.2) is 48.5 Å². The molecule has 2 amide bonds. The molecule has 0 unspecified atom stereocenters. The first-order valence-corrected chi connectivity index (χ1v) is 8.49. The van der Waals surface area contributed by atoms with E-state index < -0.39 is 0 Å². The molecule has 5 heteroatoms. The molecule has 130 valence electrons. The molecule has 2 aromatic carbocycles. The number of aliphatic hydroxyl groups excluding tert-OH is 1. The Hall–Kier alpha value is -2.66. The molecular formula is C20H22N2O3. The summed E-state index contributed by atoms with van der Waals surface area (Å²) >= 11 is 0. The molecule has 1 heterocycles. The van der Waals surface area contributed by atoms with Crippen LogP contribution in [0, 0.1) is 6.92 Å². The van der Waals surface area contributed by atoms with Gasteiger partial charge >= 0.3 is 0 Å². The van der Waals surface area contributed by atoms with Crippen molar-refractivity contribution in [1.29, 1.82) is 0 Å². The fourth-order valence-corrected chi connectivity index (χ4v) is 2.93. The molecule has 2 aromatic rings. The number of likely N-dealkylation sites (tertiary alicyclic amines) is 1. The highest BCUT2D eigenvalue weighted by Gasteiger charge is 2.22. The second kappa shape index (κ2) is 7.49. The molecule has 0 aromatic heterocycles. The highest BCUT2D eigenvalue weighted by molar-refractivity contribution is 6.05. The summed E-state index contributed by atoms with van der Waals surface area (Å²) in [5, 5.41) is 12.5. The second-order valence-corrected chi connectivity index (χ2v) is 6.37. The molecule has 1 fully saturated rings. The van der Waals surface area contributed by atoms with Crippen molar-refractivity contribution in [2.45, 2.75) is 25.9 Å². The molecule has 1 aliphatic rings. The van der Waals surface area contributed by atoms with Gasteiger partial charge < -0.3 is 15.3 Å². The van der Waals surface area contributed by atoms with E-state index >= 15 is 0 Å². The first-order chi connectivity index (χ1) is 12.0. The lowest BCUT2D eigenvalue weighted by molar-refractivity contribution is 0.0546. The number of anilines is 1. The zero-order chi connectivity index (χ0) is 17.8. The minimum atomic E-state index is -0.317. The van der Waals surface area contributed by atoms with E-state index in [0.29, 0.717) is 42.7 Å². The third-order valence-electron chi connectivity index (χ3n) is 4.52. The Morgan fingerprint density at radius 2 is 1.72 bits per heavy atom. The maximum absolute atomic E-state index is 12.7. The third-order valence-corrected chi connectivity index (χ3v) is 4.52. The van der Waals surface area contributed by atoms with Gasteiger partial charge in [-0.2, -0.15) is 0 Å². The Morgan fingerprint density at radius 1 is 1.04 bits per heavy atom. The molecular weight excluding hydrogens is 316 g/mol. The number of hydrogen-bond acceptors (Lipinski definition) is 3. The van der Waals surface area contributed by atoms with Crippen molar-refractivity contribution in [3.63, 3.8) is 0 Å². The topological polar surface area (TPSA) is 69.6 Å². The minimum Gasteiger partial charge on any atom is -0.393 e. The van der Waals surface area contributed by atoms with Gasteiger partial charge in [-0.15, -0.1) is 0 Å². The predicted octanol–water partition coefficient (Wildman–Crippen LogP) is 2.84. The maximum atomic E-state index is 12.7. The number of benzene rings is 2. The number of hydrogen-bond donors (Lipinski definition) is 2. The van der Waals surface area contributed by atoms with Crippen LogP contribution < -0.4 is 5.32 Å². The summed E-state index contributed by atoms with van der Waals surface area (Å²) < 4.78 is 0. The summed E-state index contributed by atoms with van der Waals surface area (Å²) in [5.74, 6) is -0.267. The van der Waals surface area contributed by atoms with Gasteiger partial charge in [-0.3, -0.25) is 9.59 Å². The van der Waals surface area contributed by atoms with Gasteiger partial charge in [0, 0.05) is 29.9 Å². The lowest BCUT2D eigenvalue weighted by atomic mass is 10.0. The van der Waals surface area contributed by atoms with Crippen LogP contribution in [0.3, 0.4) is 0 Å². The Bertz CT molecular complexity index is 766. The van der Waals surface area contributed by atoms with Crippen molar-refractivity contribution >= 4 is 17.5 Å². The molecule has 3 rings (SSSR count). The van der Waals surface area contributed by atoms with Crippen LogP contribution in [0.1, 0.15) is 39.1 Å². The zero-order valence-electron chi connectivity index (χ0n) is 14.2. The molecule has 0 bridgehead atoms. The van der Waals surface area contributed by atoms with E-state index in [1.54, 1.807) is 29.2 Å². The van der Waals surface area contributed by atoms with Crippen LogP contribution in [-0.2, 0) is 0 Å². The van der Waals surface area contributed by atoms with Crippen molar-refractivity contribution in [3.05, 3.63) is 65.2 Å². The molecule has 0 radical (unpaired) electrons. The highest BCUT2D eigenvalue weighted by Crippen LogP contribution is 2.21. The molecule has 0 atom stereocenters. The normalized spacial score (nSPS) is 15.0. The largest absolute Gasteiger partial charge is 0.393 e. The molecule has 2 N–H and O–H groups in total. The summed E-state index contributed by atoms with van der Waals surface area (Å²) in [7, 11) is 0. The molecule has 0 saturated carbocycles. The smallest absolute Gasteiger partial charge is 0.255 e. The Morgan fingerprint density at radius 3 is 2.40 bits per heavy atom. The van der Waals surface area contributed by atoms with Gasteiger partial charge in [0.25, 0.3) is 11.8 Å². The number of piperidine rings is 1. The van der Waals surface area contributed by atoms with E-state index in [0.717, 1.165) is 5.56 Å². The standard InChI is InChI=1S/C20H22N2O3/c1-14-7-8-16(20(25)22-11-9-17(23)10-12-22)13-18(14)21-19(24)15-5-3-2-4-6-15/h2-8,13,17,23H,9-12H2,1H3,(H,21,24). The van der Waals surface area contributed by atoms with Crippen LogP contribution in [-0.4, -0.2) is 41.0 Å². The average Bonchev–Trinajstić information content (AvgIpc) is 2.64. The van der Waals surface area contributed by atoms with Crippen molar-refractivity contribution in [2.24, 2.45) is 0 Å². The van der Waals surface area contributed by atoms with Gasteiger partial charge in [-0.05, 0) is 49.6 Å². The first kappa shape index (κ1) is 17.2. The number of carbonyl (C=O) groups is 2. The number of nitrogens with one attached hydrogen (secondary N) is 1. The van der Waals surface area contributed by atoms with Gasteiger partial charge in [0.1, 0.15) is 0 Å². The van der Waals surface area contributed by atoms with Crippen molar-refractivity contribution in [3.8, 4) is 0 Å². The fraction of sp³-hybridized carbons (Fsp3) is 0.300. The average molecular weight is 338 g/mol. The third kappa shape index (κ3) is 4.06. The molecule has 5 nitrogen and oxygen atoms in total. The lowest BCUT2D eigenvalue weighted by Crippen LogP contribution is -2.40. The van der Waals surface area contributed by atoms with Crippen LogP contribution in [0.25, 0.3) is 0 Å². The van der Waals surface area contributed by atoms with Crippen LogP contribution >= 0.6 is 0 Å². The predicted molar refractivity (Wildman–Crippen MR) is 96.7 cm³/mol. The lowest BCUT2D eigenvalue weighted by Gasteiger charge is -2.29. The zero-order valence-corrected chi connectivity index (χ0v) is 14.2. The molecule has 1 aliphatic heterocycles. The van der Waals surface area contributed by atoms with E-state index in [1.165, 1.54) is 0 Å². The van der Waals surface area contributed by atoms with Gasteiger partial charge in [0.2, 0.25) is 0 Å². The quantitative estimate of drug-likeness (QED) is 0.904. The summed E-state index contributed by atoms with van der Waals surface area (Å²) in [6.07, 6.45) is 0.896. The summed E-state index contributed by atoms with van der Waals surface area (Å²) in [6.45, 7) is 3.01. The van der Waals surface area contributed by atoms with Gasteiger partial charge in [0.15, 0.2) is 0 Å². The monoisotopic (exact) mass is 338 g/mol. The van der Waals surface area contributed by atoms with E-state index in [-0.39, 0.29) is 17.9 Å². The fourth-order valence-electron chi connectivity index (χ4n) is 2.93. The Kier molecular flexibility index (Phi) is 5.14. The van der Waals surface area contributed by atoms with Crippen LogP contribution in [0.2, 0.25) is 0 Å². The Labute approximate surface area is 147 Å². The second-order valence-electron chi connectivity index (χ2n) is 6.37. The van der Waals surface area contributed by atoms with Gasteiger partial charge in [-0.25, -0.2) is 0 Å². The Balaban J connectivity index is 1.76. The number of amides is 2. The van der Waals surface area contributed by atoms with Crippen LogP contribution in [0.4, 0.5) is 5.69 Å². The van der Waals surface area contributed by atoms with Crippen molar-refractivity contribution in [2.75, 3.05) is 18.4 Å². The maximum Gasteiger partial charge on any atom is 0.255 e. The number of rotatable bonds is 3. The van der Waals surface area contributed by atoms with E-state index in [2.05, 4.69) is 5.32 Å². The molecule has 0 aliphatic carbocycles. The highest BCUT2D eigenvalue weighted by atomic mass is 16.3. The minimum absolute atomic E-state index is 0.0675. The van der Waals surface area contributed by atoms with E-state index in [1.807, 2.05) is 31.2 Å². The SMILES string of the molecule is Cc1ccc(C(=O)N2CCC(O)CC2)cc1NC(=O)c1ccccc1. The molecule has 25 heavy (non-hydrogen) atoms. The van der Waals surface area contributed by atoms with Crippen molar-refractivity contribution < 1.29 is 14.7 Å².